The number of hydrogen-bond acceptors (Lipinski definition) is 4. The summed E-state index contributed by atoms with van der Waals surface area (Å²) in [7, 11) is -5.09. The standard InChI is InChI=1S/C58H39N5OSi/c1-38-33-35-41(36-34-38)65(42-20-15-19-40(37-42)39-17-3-2-4-18-39)53-31-14-13-30-52(53)64-55-47(25-16-32-54(55)65)56-59-57(62-48-26-9-5-21-43(48)44-22-6-10-27-49(44)62)61-58(60-56)63-50-28-11-7-23-45(50)46-24-8-12-29-51(46)63/h2-37H,1H3/i2D,3D,4D,5D,6D,7D,8D,9D,10D,11D,12D,15D,16D,17D,18D,19D,20D,21D,22D,23D,24D,25D,26D,27D,28D,29D,32D,37D. The Hall–Kier alpha value is -8.39. The van der Waals surface area contributed by atoms with Gasteiger partial charge in [0.25, 0.3) is 0 Å². The highest BCUT2D eigenvalue weighted by Crippen LogP contribution is 2.39. The van der Waals surface area contributed by atoms with Gasteiger partial charge in [0.05, 0.1) is 66.0 Å². The molecule has 1 unspecified atom stereocenters. The zero-order valence-corrected chi connectivity index (χ0v) is 34.3. The lowest BCUT2D eigenvalue weighted by Crippen LogP contribution is -2.76. The van der Waals surface area contributed by atoms with Crippen molar-refractivity contribution in [3.05, 3.63) is 223 Å². The van der Waals surface area contributed by atoms with Gasteiger partial charge in [-0.3, -0.25) is 9.13 Å². The zero-order valence-electron chi connectivity index (χ0n) is 61.3. The molecule has 0 saturated heterocycles. The molecule has 1 atom stereocenters. The van der Waals surface area contributed by atoms with Crippen molar-refractivity contribution in [1.82, 2.24) is 24.1 Å². The molecule has 1 aliphatic rings. The fraction of sp³-hybridized carbons (Fsp3) is 0.0172. The molecule has 13 rings (SSSR count). The molecule has 6 nitrogen and oxygen atoms in total. The van der Waals surface area contributed by atoms with Crippen molar-refractivity contribution in [2.45, 2.75) is 6.92 Å². The fourth-order valence-electron chi connectivity index (χ4n) is 8.47. The minimum absolute atomic E-state index is 0.114. The number of aromatic nitrogens is 5. The van der Waals surface area contributed by atoms with Gasteiger partial charge in [0, 0.05) is 21.5 Å². The predicted octanol–water partition coefficient (Wildman–Crippen LogP) is 11.2. The number of rotatable bonds is 6. The van der Waals surface area contributed by atoms with E-state index in [0.717, 1.165) is 9.13 Å². The van der Waals surface area contributed by atoms with E-state index in [-0.39, 0.29) is 21.3 Å². The van der Waals surface area contributed by atoms with Crippen molar-refractivity contribution in [1.29, 1.82) is 0 Å². The van der Waals surface area contributed by atoms with Gasteiger partial charge in [0.15, 0.2) is 13.9 Å². The summed E-state index contributed by atoms with van der Waals surface area (Å²) in [6, 6.07) is -11.5. The third kappa shape index (κ3) is 5.62. The average Bonchev–Trinajstić information content (AvgIpc) is 1.10. The molecule has 0 spiro atoms. The Morgan fingerprint density at radius 2 is 0.985 bits per heavy atom. The van der Waals surface area contributed by atoms with Crippen molar-refractivity contribution < 1.29 is 43.1 Å². The molecule has 306 valence electrons. The van der Waals surface area contributed by atoms with E-state index in [2.05, 4.69) is 0 Å². The molecule has 12 aromatic rings. The van der Waals surface area contributed by atoms with Crippen LogP contribution in [0.4, 0.5) is 0 Å². The third-order valence-corrected chi connectivity index (χ3v) is 15.8. The summed E-state index contributed by atoms with van der Waals surface area (Å²) < 4.78 is 267. The van der Waals surface area contributed by atoms with Crippen LogP contribution in [0.15, 0.2) is 218 Å². The number of aryl methyl sites for hydroxylation is 1. The average molecular weight is 878 g/mol. The molecule has 9 aromatic carbocycles. The summed E-state index contributed by atoms with van der Waals surface area (Å²) in [5.41, 5.74) is -3.75. The van der Waals surface area contributed by atoms with Gasteiger partial charge in [0.2, 0.25) is 11.9 Å². The predicted molar refractivity (Wildman–Crippen MR) is 268 cm³/mol. The molecule has 4 heterocycles. The summed E-state index contributed by atoms with van der Waals surface area (Å²) >= 11 is 0. The van der Waals surface area contributed by atoms with E-state index in [1.807, 2.05) is 0 Å². The molecule has 0 fully saturated rings. The number of ether oxygens (including phenoxy) is 1. The van der Waals surface area contributed by atoms with Crippen LogP contribution in [0.1, 0.15) is 43.9 Å². The minimum Gasteiger partial charge on any atom is -0.457 e. The Morgan fingerprint density at radius 1 is 0.462 bits per heavy atom. The third-order valence-electron chi connectivity index (χ3n) is 11.2. The van der Waals surface area contributed by atoms with Crippen molar-refractivity contribution in [3.8, 4) is 45.9 Å². The zero-order chi connectivity index (χ0) is 67.4. The second-order valence-electron chi connectivity index (χ2n) is 14.7. The molecule has 65 heavy (non-hydrogen) atoms. The lowest BCUT2D eigenvalue weighted by molar-refractivity contribution is 0.488. The molecule has 3 aromatic heterocycles. The molecule has 7 heteroatoms. The summed E-state index contributed by atoms with van der Waals surface area (Å²) in [4.78, 5) is 14.4. The minimum atomic E-state index is -5.09. The SMILES string of the molecule is [2H]c1c([2H])c([2H])c(-c2c([2H])c([2H])c([2H])c([Si]3(c4ccc(C)cc4)c4ccccc4Oc4c(-c5nc(-n6c7c([2H])c([2H])c([2H])c([2H])c7c7c([2H])c([2H])c([2H])c([2H])c76)nc(-n6c7c([2H])c([2H])c([2H])c([2H])c7c7c([2H])c([2H])c([2H])c([2H])c76)n5)c([2H])c([2H])c([2H])c43)c2[2H])c([2H])c1[2H]. The normalized spacial score (nSPS) is 20.4. The fourth-order valence-corrected chi connectivity index (χ4v) is 13.0. The Bertz CT molecular complexity index is 5140. The van der Waals surface area contributed by atoms with Gasteiger partial charge in [-0.15, -0.1) is 0 Å². The van der Waals surface area contributed by atoms with Gasteiger partial charge in [-0.2, -0.15) is 15.0 Å². The van der Waals surface area contributed by atoms with Crippen LogP contribution in [0.2, 0.25) is 0 Å². The topological polar surface area (TPSA) is 57.8 Å². The van der Waals surface area contributed by atoms with E-state index >= 15 is 0 Å². The van der Waals surface area contributed by atoms with E-state index in [1.54, 1.807) is 37.3 Å². The maximum absolute atomic E-state index is 10.3. The van der Waals surface area contributed by atoms with Crippen molar-refractivity contribution in [2.75, 3.05) is 0 Å². The van der Waals surface area contributed by atoms with E-state index < -0.39 is 266 Å². The lowest BCUT2D eigenvalue weighted by Gasteiger charge is -2.40. The number of hydrogen-bond donors (Lipinski definition) is 0. The summed E-state index contributed by atoms with van der Waals surface area (Å²) in [5.74, 6) is -3.30. The molecule has 0 bridgehead atoms. The van der Waals surface area contributed by atoms with Crippen LogP contribution in [0.25, 0.3) is 78.0 Å². The highest BCUT2D eigenvalue weighted by atomic mass is 28.3. The van der Waals surface area contributed by atoms with Crippen LogP contribution in [0.3, 0.4) is 0 Å². The van der Waals surface area contributed by atoms with Crippen LogP contribution < -0.4 is 25.5 Å². The molecule has 1 aliphatic heterocycles. The van der Waals surface area contributed by atoms with Gasteiger partial charge in [-0.1, -0.05) is 187 Å². The Labute approximate surface area is 415 Å². The maximum atomic E-state index is 10.3. The molecule has 0 amide bonds. The first-order valence-electron chi connectivity index (χ1n) is 33.7. The highest BCUT2D eigenvalue weighted by molar-refractivity contribution is 7.20. The monoisotopic (exact) mass is 877 g/mol. The smallest absolute Gasteiger partial charge is 0.240 e. The maximum Gasteiger partial charge on any atom is 0.240 e. The Kier molecular flexibility index (Phi) is 4.21. The molecule has 0 radical (unpaired) electrons. The number of fused-ring (bicyclic) bond motifs is 8. The quantitative estimate of drug-likeness (QED) is 0.156. The van der Waals surface area contributed by atoms with E-state index in [4.69, 9.17) is 37.5 Å². The van der Waals surface area contributed by atoms with Crippen LogP contribution in [0, 0.1) is 6.92 Å². The summed E-state index contributed by atoms with van der Waals surface area (Å²) in [6.45, 7) is 1.74. The first kappa shape index (κ1) is 18.8. The largest absolute Gasteiger partial charge is 0.457 e. The van der Waals surface area contributed by atoms with Crippen LogP contribution in [-0.2, 0) is 0 Å². The van der Waals surface area contributed by atoms with Gasteiger partial charge < -0.3 is 4.74 Å². The van der Waals surface area contributed by atoms with Gasteiger partial charge in [0.1, 0.15) is 11.5 Å². The van der Waals surface area contributed by atoms with Crippen molar-refractivity contribution in [2.24, 2.45) is 0 Å². The molecule has 0 saturated carbocycles. The lowest BCUT2D eigenvalue weighted by atomic mass is 10.1. The number of benzene rings is 9. The Morgan fingerprint density at radius 3 is 1.58 bits per heavy atom. The van der Waals surface area contributed by atoms with E-state index in [1.165, 1.54) is 18.2 Å². The van der Waals surface area contributed by atoms with Crippen LogP contribution >= 0.6 is 0 Å². The van der Waals surface area contributed by atoms with E-state index in [9.17, 15) is 20.6 Å². The number of para-hydroxylation sites is 6. The highest BCUT2D eigenvalue weighted by Gasteiger charge is 2.49. The molecule has 0 aliphatic carbocycles. The molecule has 0 N–H and O–H groups in total. The van der Waals surface area contributed by atoms with Crippen molar-refractivity contribution in [3.63, 3.8) is 0 Å². The first-order valence-corrected chi connectivity index (χ1v) is 21.7. The van der Waals surface area contributed by atoms with Crippen LogP contribution in [0.5, 0.6) is 11.5 Å². The van der Waals surface area contributed by atoms with Gasteiger partial charge >= 0.3 is 0 Å². The van der Waals surface area contributed by atoms with Crippen LogP contribution in [-0.4, -0.2) is 32.2 Å². The molecular weight excluding hydrogens is 811 g/mol. The first-order chi connectivity index (χ1) is 43.8. The Balaban J connectivity index is 1.29. The summed E-state index contributed by atoms with van der Waals surface area (Å²) in [5, 5.41) is -2.47. The summed E-state index contributed by atoms with van der Waals surface area (Å²) in [6.07, 6.45) is 0. The second-order valence-corrected chi connectivity index (χ2v) is 18.4. The van der Waals surface area contributed by atoms with Crippen molar-refractivity contribution >= 4 is 72.4 Å². The van der Waals surface area contributed by atoms with E-state index in [0.29, 0.717) is 5.56 Å². The molecular formula is C58H39N5OSi. The second kappa shape index (κ2) is 14.6. The van der Waals surface area contributed by atoms with Gasteiger partial charge in [-0.05, 0) is 75.1 Å². The van der Waals surface area contributed by atoms with Gasteiger partial charge in [-0.25, -0.2) is 0 Å². The number of nitrogens with zero attached hydrogens (tertiary/aromatic N) is 5.